The fraction of sp³-hybridized carbons (Fsp3) is 0.273. The van der Waals surface area contributed by atoms with Crippen molar-refractivity contribution in [2.24, 2.45) is 0 Å². The molecule has 0 saturated heterocycles. The first-order valence-corrected chi connectivity index (χ1v) is 10.2. The van der Waals surface area contributed by atoms with Gasteiger partial charge in [0.1, 0.15) is 13.2 Å². The Morgan fingerprint density at radius 3 is 2.60 bits per heavy atom. The summed E-state index contributed by atoms with van der Waals surface area (Å²) >= 11 is 5.57. The lowest BCUT2D eigenvalue weighted by Crippen LogP contribution is -2.37. The Bertz CT molecular complexity index is 1100. The highest BCUT2D eigenvalue weighted by atomic mass is 32.1. The molecule has 30 heavy (non-hydrogen) atoms. The minimum atomic E-state index is -0.185. The zero-order valence-electron chi connectivity index (χ0n) is 16.4. The summed E-state index contributed by atoms with van der Waals surface area (Å²) in [6.07, 6.45) is 0.542. The number of anilines is 1. The van der Waals surface area contributed by atoms with Gasteiger partial charge in [-0.3, -0.25) is 4.79 Å². The molecule has 0 fully saturated rings. The molecule has 2 heterocycles. The molecule has 0 saturated carbocycles. The number of nitrogens with one attached hydrogen (secondary N) is 2. The lowest BCUT2D eigenvalue weighted by molar-refractivity contribution is 0.172. The van der Waals surface area contributed by atoms with Gasteiger partial charge in [0.05, 0.1) is 12.1 Å². The molecule has 0 unspecified atom stereocenters. The molecule has 0 spiro atoms. The summed E-state index contributed by atoms with van der Waals surface area (Å²) < 4.78 is 11.2. The van der Waals surface area contributed by atoms with Gasteiger partial charge in [-0.15, -0.1) is 0 Å². The number of hydrogen-bond donors (Lipinski definition) is 3. The summed E-state index contributed by atoms with van der Waals surface area (Å²) in [5.41, 5.74) is 1.96. The Labute approximate surface area is 179 Å². The average Bonchev–Trinajstić information content (AvgIpc) is 2.76. The van der Waals surface area contributed by atoms with E-state index in [4.69, 9.17) is 21.7 Å². The van der Waals surface area contributed by atoms with Crippen LogP contribution < -0.4 is 20.3 Å². The van der Waals surface area contributed by atoms with Crippen LogP contribution >= 0.6 is 12.2 Å². The van der Waals surface area contributed by atoms with E-state index >= 15 is 0 Å². The molecular weight excluding hydrogens is 402 g/mol. The van der Waals surface area contributed by atoms with Crippen molar-refractivity contribution in [2.75, 3.05) is 31.7 Å². The number of thiocarbonyl (C=S) groups is 1. The van der Waals surface area contributed by atoms with Crippen LogP contribution in [0.1, 0.15) is 12.0 Å². The monoisotopic (exact) mass is 425 g/mol. The maximum Gasteiger partial charge on any atom is 0.253 e. The molecule has 1 aromatic heterocycles. The van der Waals surface area contributed by atoms with Crippen LogP contribution in [0.3, 0.4) is 0 Å². The van der Waals surface area contributed by atoms with Gasteiger partial charge in [-0.1, -0.05) is 18.2 Å². The summed E-state index contributed by atoms with van der Waals surface area (Å²) in [6.45, 7) is 1.88. The van der Waals surface area contributed by atoms with Crippen molar-refractivity contribution >= 4 is 33.9 Å². The number of pyridine rings is 1. The third kappa shape index (κ3) is 4.55. The number of H-pyrrole nitrogens is 1. The molecule has 1 aliphatic heterocycles. The molecule has 0 bridgehead atoms. The van der Waals surface area contributed by atoms with Crippen molar-refractivity contribution in [2.45, 2.75) is 13.0 Å². The van der Waals surface area contributed by atoms with Crippen LogP contribution in [0.15, 0.2) is 53.3 Å². The predicted octanol–water partition coefficient (Wildman–Crippen LogP) is 2.88. The van der Waals surface area contributed by atoms with Crippen molar-refractivity contribution in [1.82, 2.24) is 9.88 Å². The second kappa shape index (κ2) is 9.15. The summed E-state index contributed by atoms with van der Waals surface area (Å²) in [4.78, 5) is 17.5. The van der Waals surface area contributed by atoms with Crippen molar-refractivity contribution < 1.29 is 14.6 Å². The number of aliphatic hydroxyl groups excluding tert-OH is 1. The Kier molecular flexibility index (Phi) is 6.15. The molecule has 8 heteroatoms. The highest BCUT2D eigenvalue weighted by molar-refractivity contribution is 7.80. The Morgan fingerprint density at radius 2 is 1.87 bits per heavy atom. The van der Waals surface area contributed by atoms with Crippen LogP contribution in [0.25, 0.3) is 10.9 Å². The lowest BCUT2D eigenvalue weighted by Gasteiger charge is -2.26. The van der Waals surface area contributed by atoms with Crippen LogP contribution in [-0.4, -0.2) is 46.5 Å². The van der Waals surface area contributed by atoms with Gasteiger partial charge in [-0.25, -0.2) is 0 Å². The van der Waals surface area contributed by atoms with Gasteiger partial charge in [0.15, 0.2) is 16.6 Å². The molecule has 3 aromatic rings. The maximum absolute atomic E-state index is 12.7. The standard InChI is InChI=1S/C22H23N3O4S/c26-8-4-7-25(22(30)23-17-5-2-1-3-6-17)14-16-11-15-12-19-20(29-10-9-28-19)13-18(15)24-21(16)27/h1-3,5-6,11-13,26H,4,7-10,14H2,(H,23,30)(H,24,27). The summed E-state index contributed by atoms with van der Waals surface area (Å²) in [5.74, 6) is 1.31. The lowest BCUT2D eigenvalue weighted by atomic mass is 10.1. The number of ether oxygens (including phenoxy) is 2. The molecule has 7 nitrogen and oxygen atoms in total. The van der Waals surface area contributed by atoms with E-state index in [1.165, 1.54) is 0 Å². The number of aromatic amines is 1. The third-order valence-electron chi connectivity index (χ3n) is 4.84. The first kappa shape index (κ1) is 20.2. The molecule has 0 atom stereocenters. The van der Waals surface area contributed by atoms with E-state index in [-0.39, 0.29) is 12.2 Å². The number of hydrogen-bond acceptors (Lipinski definition) is 5. The van der Waals surface area contributed by atoms with Crippen LogP contribution in [-0.2, 0) is 6.54 Å². The summed E-state index contributed by atoms with van der Waals surface area (Å²) in [6, 6.07) is 15.1. The van der Waals surface area contributed by atoms with Crippen LogP contribution in [0.4, 0.5) is 5.69 Å². The quantitative estimate of drug-likeness (QED) is 0.524. The van der Waals surface area contributed by atoms with E-state index in [2.05, 4.69) is 10.3 Å². The molecular formula is C22H23N3O4S. The molecule has 0 amide bonds. The van der Waals surface area contributed by atoms with Gasteiger partial charge < -0.3 is 29.8 Å². The fourth-order valence-electron chi connectivity index (χ4n) is 3.35. The maximum atomic E-state index is 12.7. The van der Waals surface area contributed by atoms with E-state index < -0.39 is 0 Å². The number of rotatable bonds is 6. The predicted molar refractivity (Wildman–Crippen MR) is 120 cm³/mol. The van der Waals surface area contributed by atoms with Crippen LogP contribution in [0, 0.1) is 0 Å². The fourth-order valence-corrected chi connectivity index (χ4v) is 3.62. The van der Waals surface area contributed by atoms with Crippen molar-refractivity contribution in [3.8, 4) is 11.5 Å². The Morgan fingerprint density at radius 1 is 1.13 bits per heavy atom. The molecule has 0 radical (unpaired) electrons. The van der Waals surface area contributed by atoms with E-state index in [1.54, 1.807) is 6.07 Å². The number of aliphatic hydroxyl groups is 1. The summed E-state index contributed by atoms with van der Waals surface area (Å²) in [7, 11) is 0. The molecule has 2 aromatic carbocycles. The minimum Gasteiger partial charge on any atom is -0.486 e. The van der Waals surface area contributed by atoms with Crippen LogP contribution in [0.5, 0.6) is 11.5 Å². The number of para-hydroxylation sites is 1. The van der Waals surface area contributed by atoms with Gasteiger partial charge in [-0.2, -0.15) is 0 Å². The first-order valence-electron chi connectivity index (χ1n) is 9.81. The Balaban J connectivity index is 1.60. The second-order valence-electron chi connectivity index (χ2n) is 7.00. The normalized spacial score (nSPS) is 12.6. The van der Waals surface area contributed by atoms with E-state index in [0.717, 1.165) is 11.1 Å². The molecule has 4 rings (SSSR count). The SMILES string of the molecule is O=c1[nH]c2cc3c(cc2cc1CN(CCCO)C(=S)Nc1ccccc1)OCCO3. The third-order valence-corrected chi connectivity index (χ3v) is 5.20. The molecule has 156 valence electrons. The number of fused-ring (bicyclic) bond motifs is 2. The van der Waals surface area contributed by atoms with E-state index in [1.807, 2.05) is 47.4 Å². The van der Waals surface area contributed by atoms with Gasteiger partial charge >= 0.3 is 0 Å². The topological polar surface area (TPSA) is 86.8 Å². The minimum absolute atomic E-state index is 0.0437. The molecule has 3 N–H and O–H groups in total. The number of aromatic nitrogens is 1. The molecule has 1 aliphatic rings. The van der Waals surface area contributed by atoms with Gasteiger partial charge in [0, 0.05) is 35.9 Å². The van der Waals surface area contributed by atoms with Gasteiger partial charge in [0.25, 0.3) is 5.56 Å². The smallest absolute Gasteiger partial charge is 0.253 e. The van der Waals surface area contributed by atoms with Crippen molar-refractivity contribution in [1.29, 1.82) is 0 Å². The number of nitrogens with zero attached hydrogens (tertiary/aromatic N) is 1. The van der Waals surface area contributed by atoms with E-state index in [9.17, 15) is 9.90 Å². The highest BCUT2D eigenvalue weighted by Gasteiger charge is 2.16. The van der Waals surface area contributed by atoms with Crippen molar-refractivity contribution in [3.05, 3.63) is 64.4 Å². The van der Waals surface area contributed by atoms with Gasteiger partial charge in [-0.05, 0) is 42.9 Å². The second-order valence-corrected chi connectivity index (χ2v) is 7.39. The summed E-state index contributed by atoms with van der Waals surface area (Å²) in [5, 5.41) is 13.8. The van der Waals surface area contributed by atoms with E-state index in [0.29, 0.717) is 60.4 Å². The van der Waals surface area contributed by atoms with Crippen LogP contribution in [0.2, 0.25) is 0 Å². The largest absolute Gasteiger partial charge is 0.486 e. The van der Waals surface area contributed by atoms with Crippen molar-refractivity contribution in [3.63, 3.8) is 0 Å². The van der Waals surface area contributed by atoms with Gasteiger partial charge in [0.2, 0.25) is 0 Å². The Hall–Kier alpha value is -3.10. The molecule has 0 aliphatic carbocycles. The zero-order chi connectivity index (χ0) is 20.9. The first-order chi connectivity index (χ1) is 14.6. The average molecular weight is 426 g/mol. The highest BCUT2D eigenvalue weighted by Crippen LogP contribution is 2.33. The zero-order valence-corrected chi connectivity index (χ0v) is 17.2. The number of benzene rings is 2.